The molecule has 1 aromatic rings. The number of amides is 2. The van der Waals surface area contributed by atoms with Gasteiger partial charge in [-0.1, -0.05) is 25.4 Å². The van der Waals surface area contributed by atoms with Gasteiger partial charge in [0.15, 0.2) is 0 Å². The van der Waals surface area contributed by atoms with Crippen LogP contribution in [0.15, 0.2) is 0 Å². The first-order valence-corrected chi connectivity index (χ1v) is 5.48. The first kappa shape index (κ1) is 13.9. The summed E-state index contributed by atoms with van der Waals surface area (Å²) in [7, 11) is 1.55. The summed E-state index contributed by atoms with van der Waals surface area (Å²) in [5.41, 5.74) is 0. The van der Waals surface area contributed by atoms with Crippen molar-refractivity contribution in [2.45, 2.75) is 26.3 Å². The molecule has 0 radical (unpaired) electrons. The number of carbonyl (C=O) groups is 2. The summed E-state index contributed by atoms with van der Waals surface area (Å²) in [6.45, 7) is 3.60. The summed E-state index contributed by atoms with van der Waals surface area (Å²) >= 11 is 0. The van der Waals surface area contributed by atoms with E-state index >= 15 is 0 Å². The van der Waals surface area contributed by atoms with Gasteiger partial charge in [-0.3, -0.25) is 5.32 Å². The van der Waals surface area contributed by atoms with Crippen molar-refractivity contribution in [3.05, 3.63) is 0 Å². The van der Waals surface area contributed by atoms with Gasteiger partial charge in [-0.2, -0.15) is 4.80 Å². The molecule has 18 heavy (non-hydrogen) atoms. The molecule has 100 valence electrons. The molecule has 0 aliphatic rings. The van der Waals surface area contributed by atoms with E-state index in [1.165, 1.54) is 4.80 Å². The Morgan fingerprint density at radius 2 is 2.17 bits per heavy atom. The highest BCUT2D eigenvalue weighted by Crippen LogP contribution is 2.08. The number of anilines is 1. The highest BCUT2D eigenvalue weighted by atomic mass is 16.4. The van der Waals surface area contributed by atoms with Gasteiger partial charge < -0.3 is 10.4 Å². The monoisotopic (exact) mass is 256 g/mol. The van der Waals surface area contributed by atoms with Gasteiger partial charge in [0.25, 0.3) is 5.95 Å². The molecular weight excluding hydrogens is 240 g/mol. The molecule has 0 fully saturated rings. The summed E-state index contributed by atoms with van der Waals surface area (Å²) < 4.78 is 0. The fourth-order valence-electron chi connectivity index (χ4n) is 1.30. The second kappa shape index (κ2) is 5.94. The summed E-state index contributed by atoms with van der Waals surface area (Å²) in [5.74, 6) is -1.24. The van der Waals surface area contributed by atoms with Crippen molar-refractivity contribution in [3.63, 3.8) is 0 Å². The van der Waals surface area contributed by atoms with E-state index in [1.54, 1.807) is 14.0 Å². The Hall–Kier alpha value is -2.19. The van der Waals surface area contributed by atoms with Crippen molar-refractivity contribution in [2.24, 2.45) is 13.0 Å². The quantitative estimate of drug-likeness (QED) is 0.672. The number of aromatic nitrogens is 4. The Kier molecular flexibility index (Phi) is 4.58. The van der Waals surface area contributed by atoms with E-state index in [0.717, 1.165) is 0 Å². The van der Waals surface area contributed by atoms with E-state index in [0.29, 0.717) is 6.42 Å². The van der Waals surface area contributed by atoms with Gasteiger partial charge in [0, 0.05) is 0 Å². The average molecular weight is 256 g/mol. The van der Waals surface area contributed by atoms with Crippen LogP contribution in [-0.2, 0) is 11.8 Å². The van der Waals surface area contributed by atoms with Crippen molar-refractivity contribution >= 4 is 17.9 Å². The fourth-order valence-corrected chi connectivity index (χ4v) is 1.30. The Balaban J connectivity index is 2.59. The largest absolute Gasteiger partial charge is 0.480 e. The highest BCUT2D eigenvalue weighted by Gasteiger charge is 2.25. The number of nitrogens with one attached hydrogen (secondary N) is 2. The SMILES string of the molecule is CC[C@H](C)[C@H](NC(=O)Nc1nnn(C)n1)C(=O)O. The first-order chi connectivity index (χ1) is 8.43. The molecule has 0 saturated heterocycles. The molecule has 1 aromatic heterocycles. The molecule has 9 nitrogen and oxygen atoms in total. The normalized spacial score (nSPS) is 13.7. The zero-order valence-electron chi connectivity index (χ0n) is 10.4. The minimum atomic E-state index is -1.08. The van der Waals surface area contributed by atoms with E-state index in [4.69, 9.17) is 5.11 Å². The molecule has 0 aliphatic heterocycles. The maximum absolute atomic E-state index is 11.6. The lowest BCUT2D eigenvalue weighted by Crippen LogP contribution is -2.46. The maximum Gasteiger partial charge on any atom is 0.326 e. The van der Waals surface area contributed by atoms with Crippen LogP contribution in [0, 0.1) is 5.92 Å². The van der Waals surface area contributed by atoms with Crippen molar-refractivity contribution in [1.29, 1.82) is 0 Å². The standard InChI is InChI=1S/C9H16N6O3/c1-4-5(2)6(7(16)17)10-9(18)11-8-12-14-15(3)13-8/h5-6H,4H2,1-3H3,(H,16,17)(H2,10,11,13,18)/t5-,6-/m0/s1. The minimum Gasteiger partial charge on any atom is -0.480 e. The molecule has 0 saturated carbocycles. The molecule has 9 heteroatoms. The van der Waals surface area contributed by atoms with Gasteiger partial charge >= 0.3 is 12.0 Å². The second-order valence-electron chi connectivity index (χ2n) is 3.90. The summed E-state index contributed by atoms with van der Waals surface area (Å²) in [6, 6.07) is -1.62. The number of aryl methyl sites for hydroxylation is 1. The van der Waals surface area contributed by atoms with Crippen molar-refractivity contribution in [2.75, 3.05) is 5.32 Å². The predicted octanol–water partition coefficient (Wildman–Crippen LogP) is -0.169. The third-order valence-electron chi connectivity index (χ3n) is 2.50. The number of carbonyl (C=O) groups excluding carboxylic acids is 1. The molecule has 1 rings (SSSR count). The fraction of sp³-hybridized carbons (Fsp3) is 0.667. The minimum absolute atomic E-state index is 0.0169. The summed E-state index contributed by atoms with van der Waals surface area (Å²) in [5, 5.41) is 24.5. The average Bonchev–Trinajstić information content (AvgIpc) is 2.70. The number of tetrazole rings is 1. The van der Waals surface area contributed by atoms with Crippen molar-refractivity contribution in [1.82, 2.24) is 25.5 Å². The highest BCUT2D eigenvalue weighted by molar-refractivity contribution is 5.90. The van der Waals surface area contributed by atoms with Crippen molar-refractivity contribution in [3.8, 4) is 0 Å². The van der Waals surface area contributed by atoms with E-state index in [9.17, 15) is 9.59 Å². The van der Waals surface area contributed by atoms with E-state index in [1.807, 2.05) is 6.92 Å². The molecule has 0 spiro atoms. The summed E-state index contributed by atoms with van der Waals surface area (Å²) in [4.78, 5) is 23.7. The molecule has 2 amide bonds. The zero-order chi connectivity index (χ0) is 13.7. The van der Waals surface area contributed by atoms with Gasteiger partial charge in [0.1, 0.15) is 6.04 Å². The van der Waals surface area contributed by atoms with Crippen LogP contribution < -0.4 is 10.6 Å². The first-order valence-electron chi connectivity index (χ1n) is 5.48. The van der Waals surface area contributed by atoms with Crippen LogP contribution in [0.3, 0.4) is 0 Å². The number of carboxylic acid groups (broad SMARTS) is 1. The Bertz CT molecular complexity index is 432. The smallest absolute Gasteiger partial charge is 0.326 e. The number of hydrogen-bond acceptors (Lipinski definition) is 5. The molecule has 0 aliphatic carbocycles. The lowest BCUT2D eigenvalue weighted by atomic mass is 10.00. The molecule has 0 unspecified atom stereocenters. The van der Waals surface area contributed by atoms with E-state index in [-0.39, 0.29) is 11.9 Å². The third kappa shape index (κ3) is 3.68. The topological polar surface area (TPSA) is 122 Å². The number of aliphatic carboxylic acids is 1. The van der Waals surface area contributed by atoms with Crippen LogP contribution >= 0.6 is 0 Å². The molecule has 1 heterocycles. The van der Waals surface area contributed by atoms with Gasteiger partial charge in [0.2, 0.25) is 0 Å². The second-order valence-corrected chi connectivity index (χ2v) is 3.90. The number of carboxylic acids is 1. The Morgan fingerprint density at radius 3 is 2.61 bits per heavy atom. The van der Waals surface area contributed by atoms with Crippen LogP contribution in [0.4, 0.5) is 10.7 Å². The van der Waals surface area contributed by atoms with Crippen LogP contribution in [0.25, 0.3) is 0 Å². The molecule has 2 atom stereocenters. The van der Waals surface area contributed by atoms with Gasteiger partial charge in [0.05, 0.1) is 7.05 Å². The summed E-state index contributed by atoms with van der Waals surface area (Å²) in [6.07, 6.45) is 0.640. The number of nitrogens with zero attached hydrogens (tertiary/aromatic N) is 4. The molecule has 0 aromatic carbocycles. The maximum atomic E-state index is 11.6. The van der Waals surface area contributed by atoms with Gasteiger partial charge in [-0.05, 0) is 11.1 Å². The van der Waals surface area contributed by atoms with E-state index in [2.05, 4.69) is 26.0 Å². The lowest BCUT2D eigenvalue weighted by Gasteiger charge is -2.19. The molecular formula is C9H16N6O3. The lowest BCUT2D eigenvalue weighted by molar-refractivity contribution is -0.140. The van der Waals surface area contributed by atoms with Crippen LogP contribution in [-0.4, -0.2) is 43.4 Å². The van der Waals surface area contributed by atoms with Crippen LogP contribution in [0.2, 0.25) is 0 Å². The predicted molar refractivity (Wildman–Crippen MR) is 61.8 cm³/mol. The zero-order valence-corrected chi connectivity index (χ0v) is 10.4. The van der Waals surface area contributed by atoms with Gasteiger partial charge in [-0.25, -0.2) is 9.59 Å². The number of urea groups is 1. The Labute approximate surface area is 104 Å². The molecule has 3 N–H and O–H groups in total. The molecule has 0 bridgehead atoms. The number of rotatable bonds is 5. The number of hydrogen-bond donors (Lipinski definition) is 3. The third-order valence-corrected chi connectivity index (χ3v) is 2.50. The van der Waals surface area contributed by atoms with Crippen LogP contribution in [0.5, 0.6) is 0 Å². The van der Waals surface area contributed by atoms with Crippen LogP contribution in [0.1, 0.15) is 20.3 Å². The Morgan fingerprint density at radius 1 is 1.50 bits per heavy atom. The van der Waals surface area contributed by atoms with Gasteiger partial charge in [-0.15, -0.1) is 5.10 Å². The van der Waals surface area contributed by atoms with E-state index < -0.39 is 18.0 Å². The van der Waals surface area contributed by atoms with Crippen molar-refractivity contribution < 1.29 is 14.7 Å².